The molecule has 1 aromatic carbocycles. The van der Waals surface area contributed by atoms with E-state index >= 15 is 0 Å². The highest BCUT2D eigenvalue weighted by Crippen LogP contribution is 2.33. The van der Waals surface area contributed by atoms with Gasteiger partial charge in [-0.25, -0.2) is 9.37 Å². The smallest absolute Gasteiger partial charge is 0.255 e. The SMILES string of the molecule is CC(C)NC(=O)c1cc(-c2ccc3c(c2F)CCN3)cnc1N. The molecule has 0 aliphatic carbocycles. The summed E-state index contributed by atoms with van der Waals surface area (Å²) in [6, 6.07) is 5.12. The van der Waals surface area contributed by atoms with Crippen molar-refractivity contribution in [2.45, 2.75) is 26.3 Å². The van der Waals surface area contributed by atoms with E-state index in [2.05, 4.69) is 15.6 Å². The van der Waals surface area contributed by atoms with Crippen LogP contribution >= 0.6 is 0 Å². The summed E-state index contributed by atoms with van der Waals surface area (Å²) in [4.78, 5) is 16.2. The van der Waals surface area contributed by atoms with E-state index < -0.39 is 0 Å². The predicted molar refractivity (Wildman–Crippen MR) is 88.8 cm³/mol. The Hall–Kier alpha value is -2.63. The monoisotopic (exact) mass is 314 g/mol. The van der Waals surface area contributed by atoms with Gasteiger partial charge in [0, 0.05) is 41.2 Å². The fourth-order valence-corrected chi connectivity index (χ4v) is 2.72. The van der Waals surface area contributed by atoms with Crippen LogP contribution in [0.25, 0.3) is 11.1 Å². The summed E-state index contributed by atoms with van der Waals surface area (Å²) in [7, 11) is 0. The number of nitrogen functional groups attached to an aromatic ring is 1. The second-order valence-electron chi connectivity index (χ2n) is 5.91. The zero-order valence-corrected chi connectivity index (χ0v) is 13.1. The highest BCUT2D eigenvalue weighted by Gasteiger charge is 2.20. The molecule has 2 heterocycles. The number of nitrogens with one attached hydrogen (secondary N) is 2. The number of hydrogen-bond acceptors (Lipinski definition) is 4. The average molecular weight is 314 g/mol. The van der Waals surface area contributed by atoms with E-state index in [9.17, 15) is 9.18 Å². The van der Waals surface area contributed by atoms with Crippen molar-refractivity contribution in [3.63, 3.8) is 0 Å². The van der Waals surface area contributed by atoms with Gasteiger partial charge in [0.05, 0.1) is 5.56 Å². The number of nitrogens with two attached hydrogens (primary N) is 1. The van der Waals surface area contributed by atoms with Crippen molar-refractivity contribution in [2.75, 3.05) is 17.6 Å². The maximum atomic E-state index is 14.7. The van der Waals surface area contributed by atoms with Crippen LogP contribution in [0.4, 0.5) is 15.9 Å². The van der Waals surface area contributed by atoms with Gasteiger partial charge < -0.3 is 16.4 Å². The van der Waals surface area contributed by atoms with Gasteiger partial charge in [-0.2, -0.15) is 0 Å². The highest BCUT2D eigenvalue weighted by molar-refractivity contribution is 5.99. The lowest BCUT2D eigenvalue weighted by Crippen LogP contribution is -2.30. The lowest BCUT2D eigenvalue weighted by atomic mass is 10.0. The van der Waals surface area contributed by atoms with Crippen LogP contribution in [-0.4, -0.2) is 23.5 Å². The number of nitrogens with zero attached hydrogens (tertiary/aromatic N) is 1. The lowest BCUT2D eigenvalue weighted by Gasteiger charge is -2.12. The molecule has 0 bridgehead atoms. The van der Waals surface area contributed by atoms with Crippen LogP contribution in [0.15, 0.2) is 24.4 Å². The van der Waals surface area contributed by atoms with Crippen molar-refractivity contribution in [1.82, 2.24) is 10.3 Å². The number of rotatable bonds is 3. The molecule has 23 heavy (non-hydrogen) atoms. The van der Waals surface area contributed by atoms with Crippen molar-refractivity contribution >= 4 is 17.4 Å². The summed E-state index contributed by atoms with van der Waals surface area (Å²) in [5.41, 5.74) is 8.53. The number of hydrogen-bond donors (Lipinski definition) is 3. The summed E-state index contributed by atoms with van der Waals surface area (Å²) in [5, 5.41) is 5.91. The van der Waals surface area contributed by atoms with Gasteiger partial charge in [-0.05, 0) is 38.5 Å². The largest absolute Gasteiger partial charge is 0.384 e. The van der Waals surface area contributed by atoms with Gasteiger partial charge in [-0.1, -0.05) is 0 Å². The number of fused-ring (bicyclic) bond motifs is 1. The zero-order valence-electron chi connectivity index (χ0n) is 13.1. The lowest BCUT2D eigenvalue weighted by molar-refractivity contribution is 0.0944. The second-order valence-corrected chi connectivity index (χ2v) is 5.91. The molecule has 1 aromatic heterocycles. The van der Waals surface area contributed by atoms with Gasteiger partial charge in [0.25, 0.3) is 5.91 Å². The molecule has 0 spiro atoms. The summed E-state index contributed by atoms with van der Waals surface area (Å²) in [6.45, 7) is 4.45. The van der Waals surface area contributed by atoms with Crippen LogP contribution < -0.4 is 16.4 Å². The van der Waals surface area contributed by atoms with Crippen LogP contribution in [0, 0.1) is 5.82 Å². The van der Waals surface area contributed by atoms with Gasteiger partial charge in [0.2, 0.25) is 0 Å². The molecule has 0 saturated carbocycles. The van der Waals surface area contributed by atoms with E-state index in [0.717, 1.165) is 12.2 Å². The Kier molecular flexibility index (Phi) is 3.90. The van der Waals surface area contributed by atoms with Gasteiger partial charge >= 0.3 is 0 Å². The van der Waals surface area contributed by atoms with E-state index in [0.29, 0.717) is 23.1 Å². The van der Waals surface area contributed by atoms with Crippen molar-refractivity contribution in [3.05, 3.63) is 41.3 Å². The van der Waals surface area contributed by atoms with Gasteiger partial charge in [0.15, 0.2) is 0 Å². The molecule has 0 unspecified atom stereocenters. The Morgan fingerprint density at radius 3 is 2.96 bits per heavy atom. The molecule has 0 radical (unpaired) electrons. The average Bonchev–Trinajstić information content (AvgIpc) is 2.97. The third-order valence-corrected chi connectivity index (χ3v) is 3.83. The molecule has 4 N–H and O–H groups in total. The molecule has 1 amide bonds. The first-order valence-corrected chi connectivity index (χ1v) is 7.59. The van der Waals surface area contributed by atoms with E-state index in [1.807, 2.05) is 19.9 Å². The summed E-state index contributed by atoms with van der Waals surface area (Å²) in [6.07, 6.45) is 2.15. The topological polar surface area (TPSA) is 80.0 Å². The Morgan fingerprint density at radius 1 is 1.43 bits per heavy atom. The highest BCUT2D eigenvalue weighted by atomic mass is 19.1. The van der Waals surface area contributed by atoms with E-state index in [4.69, 9.17) is 5.73 Å². The molecule has 0 saturated heterocycles. The summed E-state index contributed by atoms with van der Waals surface area (Å²) < 4.78 is 14.7. The predicted octanol–water partition coefficient (Wildman–Crippen LogP) is 2.58. The normalized spacial score (nSPS) is 12.9. The molecule has 5 nitrogen and oxygen atoms in total. The third-order valence-electron chi connectivity index (χ3n) is 3.83. The molecule has 3 rings (SSSR count). The summed E-state index contributed by atoms with van der Waals surface area (Å²) >= 11 is 0. The summed E-state index contributed by atoms with van der Waals surface area (Å²) in [5.74, 6) is -0.445. The molecule has 1 aliphatic rings. The van der Waals surface area contributed by atoms with E-state index in [1.54, 1.807) is 12.1 Å². The number of pyridine rings is 1. The first-order chi connectivity index (χ1) is 11.0. The molecule has 1 aliphatic heterocycles. The zero-order chi connectivity index (χ0) is 16.6. The Balaban J connectivity index is 2.03. The fraction of sp³-hybridized carbons (Fsp3) is 0.294. The number of carbonyl (C=O) groups excluding carboxylic acids is 1. The quantitative estimate of drug-likeness (QED) is 0.813. The number of benzene rings is 1. The van der Waals surface area contributed by atoms with Crippen molar-refractivity contribution in [1.29, 1.82) is 0 Å². The molecule has 2 aromatic rings. The standard InChI is InChI=1S/C17H19FN4O/c1-9(2)22-17(23)13-7-10(8-21-16(13)19)11-3-4-14-12(15(11)18)5-6-20-14/h3-4,7-9,20H,5-6H2,1-2H3,(H2,19,21)(H,22,23). The van der Waals surface area contributed by atoms with Crippen LogP contribution in [0.2, 0.25) is 0 Å². The molecule has 0 atom stereocenters. The Bertz CT molecular complexity index is 773. The maximum Gasteiger partial charge on any atom is 0.255 e. The van der Waals surface area contributed by atoms with Gasteiger partial charge in [-0.15, -0.1) is 0 Å². The first kappa shape index (κ1) is 15.3. The third kappa shape index (κ3) is 2.84. The number of anilines is 2. The number of halogens is 1. The van der Waals surface area contributed by atoms with Crippen molar-refractivity contribution in [3.8, 4) is 11.1 Å². The van der Waals surface area contributed by atoms with Crippen molar-refractivity contribution < 1.29 is 9.18 Å². The van der Waals surface area contributed by atoms with Gasteiger partial charge in [-0.3, -0.25) is 4.79 Å². The molecule has 6 heteroatoms. The first-order valence-electron chi connectivity index (χ1n) is 7.59. The van der Waals surface area contributed by atoms with E-state index in [-0.39, 0.29) is 29.1 Å². The van der Waals surface area contributed by atoms with Crippen LogP contribution in [0.5, 0.6) is 0 Å². The Labute approximate surface area is 134 Å². The van der Waals surface area contributed by atoms with Crippen molar-refractivity contribution in [2.24, 2.45) is 0 Å². The van der Waals surface area contributed by atoms with Crippen LogP contribution in [0.3, 0.4) is 0 Å². The minimum Gasteiger partial charge on any atom is -0.384 e. The molecule has 120 valence electrons. The molecule has 0 fully saturated rings. The number of aromatic nitrogens is 1. The fourth-order valence-electron chi connectivity index (χ4n) is 2.72. The van der Waals surface area contributed by atoms with Crippen LogP contribution in [0.1, 0.15) is 29.8 Å². The minimum absolute atomic E-state index is 0.0200. The molecular weight excluding hydrogens is 295 g/mol. The van der Waals surface area contributed by atoms with E-state index in [1.165, 1.54) is 6.20 Å². The Morgan fingerprint density at radius 2 is 2.22 bits per heavy atom. The number of amides is 1. The second kappa shape index (κ2) is 5.87. The van der Waals surface area contributed by atoms with Gasteiger partial charge in [0.1, 0.15) is 11.6 Å². The van der Waals surface area contributed by atoms with Crippen LogP contribution in [-0.2, 0) is 6.42 Å². The molecular formula is C17H19FN4O. The minimum atomic E-state index is -0.310. The number of carbonyl (C=O) groups is 1. The maximum absolute atomic E-state index is 14.7.